The number of nitrogens with zero attached hydrogens (tertiary/aromatic N) is 3. The third-order valence-electron chi connectivity index (χ3n) is 4.62. The van der Waals surface area contributed by atoms with E-state index in [0.717, 1.165) is 16.5 Å². The van der Waals surface area contributed by atoms with Gasteiger partial charge in [0.2, 0.25) is 5.91 Å². The third kappa shape index (κ3) is 2.86. The molecule has 0 saturated heterocycles. The third-order valence-corrected chi connectivity index (χ3v) is 4.62. The number of benzene rings is 1. The fraction of sp³-hybridized carbons (Fsp3) is 0.389. The van der Waals surface area contributed by atoms with Gasteiger partial charge in [-0.2, -0.15) is 0 Å². The van der Waals surface area contributed by atoms with Crippen molar-refractivity contribution < 1.29 is 9.53 Å². The van der Waals surface area contributed by atoms with Gasteiger partial charge in [-0.3, -0.25) is 4.79 Å². The highest BCUT2D eigenvalue weighted by atomic mass is 16.5. The van der Waals surface area contributed by atoms with E-state index in [1.807, 2.05) is 31.2 Å². The number of carbonyl (C=O) groups excluding carboxylic acids is 1. The summed E-state index contributed by atoms with van der Waals surface area (Å²) in [6.07, 6.45) is 2.34. The standard InChI is InChI=1S/C18H20N4O3/c1-11-7-13-5-6-14(25-2)8-15(13)22-17(11)20-21(18(22)24)10-16(23)19-9-12-3-4-12/h5-8,12H,3-4,9-10H2,1-2H3,(H,19,23). The van der Waals surface area contributed by atoms with E-state index in [1.165, 1.54) is 17.5 Å². The minimum Gasteiger partial charge on any atom is -0.497 e. The van der Waals surface area contributed by atoms with Crippen LogP contribution in [0.4, 0.5) is 0 Å². The molecule has 7 heteroatoms. The molecule has 2 aromatic heterocycles. The van der Waals surface area contributed by atoms with E-state index < -0.39 is 0 Å². The van der Waals surface area contributed by atoms with Crippen molar-refractivity contribution in [3.05, 3.63) is 40.3 Å². The van der Waals surface area contributed by atoms with E-state index in [9.17, 15) is 9.59 Å². The Hall–Kier alpha value is -2.83. The van der Waals surface area contributed by atoms with Gasteiger partial charge in [-0.25, -0.2) is 13.9 Å². The molecule has 130 valence electrons. The van der Waals surface area contributed by atoms with Gasteiger partial charge in [0, 0.05) is 12.6 Å². The van der Waals surface area contributed by atoms with E-state index in [0.29, 0.717) is 23.9 Å². The molecular weight excluding hydrogens is 320 g/mol. The van der Waals surface area contributed by atoms with Gasteiger partial charge in [-0.05, 0) is 54.8 Å². The monoisotopic (exact) mass is 340 g/mol. The number of carbonyl (C=O) groups is 1. The van der Waals surface area contributed by atoms with Crippen LogP contribution in [0, 0.1) is 12.8 Å². The van der Waals surface area contributed by atoms with E-state index in [-0.39, 0.29) is 18.1 Å². The van der Waals surface area contributed by atoms with Crippen molar-refractivity contribution in [3.8, 4) is 5.75 Å². The first-order chi connectivity index (χ1) is 12.1. The van der Waals surface area contributed by atoms with E-state index in [4.69, 9.17) is 4.74 Å². The van der Waals surface area contributed by atoms with Crippen LogP contribution < -0.4 is 15.7 Å². The van der Waals surface area contributed by atoms with Crippen LogP contribution >= 0.6 is 0 Å². The molecule has 1 aliphatic rings. The molecule has 2 heterocycles. The normalized spacial score (nSPS) is 14.2. The lowest BCUT2D eigenvalue weighted by atomic mass is 10.1. The predicted molar refractivity (Wildman–Crippen MR) is 94.0 cm³/mol. The molecule has 0 radical (unpaired) electrons. The summed E-state index contributed by atoms with van der Waals surface area (Å²) in [5, 5.41) is 8.15. The van der Waals surface area contributed by atoms with E-state index in [1.54, 1.807) is 11.5 Å². The molecule has 1 aliphatic carbocycles. The molecule has 3 aromatic rings. The van der Waals surface area contributed by atoms with Gasteiger partial charge in [0.25, 0.3) is 0 Å². The van der Waals surface area contributed by atoms with Gasteiger partial charge in [0.1, 0.15) is 12.3 Å². The van der Waals surface area contributed by atoms with Crippen LogP contribution in [-0.4, -0.2) is 33.7 Å². The Morgan fingerprint density at radius 1 is 1.36 bits per heavy atom. The van der Waals surface area contributed by atoms with E-state index in [2.05, 4.69) is 10.4 Å². The maximum Gasteiger partial charge on any atom is 0.351 e. The van der Waals surface area contributed by atoms with Crippen LogP contribution in [0.5, 0.6) is 5.75 Å². The van der Waals surface area contributed by atoms with Gasteiger partial charge in [-0.1, -0.05) is 0 Å². The Kier molecular flexibility index (Phi) is 3.71. The summed E-state index contributed by atoms with van der Waals surface area (Å²) in [5.74, 6) is 1.08. The largest absolute Gasteiger partial charge is 0.497 e. The Morgan fingerprint density at radius 2 is 2.16 bits per heavy atom. The maximum absolute atomic E-state index is 12.8. The summed E-state index contributed by atoms with van der Waals surface area (Å²) >= 11 is 0. The molecule has 0 bridgehead atoms. The molecular formula is C18H20N4O3. The fourth-order valence-corrected chi connectivity index (χ4v) is 3.02. The zero-order valence-corrected chi connectivity index (χ0v) is 14.3. The first-order valence-corrected chi connectivity index (χ1v) is 8.40. The molecule has 0 spiro atoms. The zero-order valence-electron chi connectivity index (χ0n) is 14.3. The first kappa shape index (κ1) is 15.7. The molecule has 7 nitrogen and oxygen atoms in total. The fourth-order valence-electron chi connectivity index (χ4n) is 3.02. The lowest BCUT2D eigenvalue weighted by Crippen LogP contribution is -2.33. The molecule has 1 saturated carbocycles. The van der Waals surface area contributed by atoms with E-state index >= 15 is 0 Å². The molecule has 1 N–H and O–H groups in total. The number of pyridine rings is 1. The second-order valence-electron chi connectivity index (χ2n) is 6.60. The lowest BCUT2D eigenvalue weighted by molar-refractivity contribution is -0.121. The van der Waals surface area contributed by atoms with Crippen molar-refractivity contribution in [2.24, 2.45) is 5.92 Å². The van der Waals surface area contributed by atoms with Crippen molar-refractivity contribution >= 4 is 22.5 Å². The first-order valence-electron chi connectivity index (χ1n) is 8.40. The number of hydrogen-bond donors (Lipinski definition) is 1. The van der Waals surface area contributed by atoms with Crippen LogP contribution in [-0.2, 0) is 11.3 Å². The van der Waals surface area contributed by atoms with Crippen molar-refractivity contribution in [1.82, 2.24) is 19.5 Å². The van der Waals surface area contributed by atoms with Crippen LogP contribution in [0.25, 0.3) is 16.6 Å². The van der Waals surface area contributed by atoms with Crippen LogP contribution in [0.2, 0.25) is 0 Å². The molecule has 1 aromatic carbocycles. The highest BCUT2D eigenvalue weighted by Crippen LogP contribution is 2.27. The summed E-state index contributed by atoms with van der Waals surface area (Å²) in [6, 6.07) is 7.55. The van der Waals surface area contributed by atoms with Gasteiger partial charge in [0.05, 0.1) is 12.6 Å². The minimum atomic E-state index is -0.321. The summed E-state index contributed by atoms with van der Waals surface area (Å²) < 4.78 is 8.03. The number of ether oxygens (including phenoxy) is 1. The maximum atomic E-state index is 12.8. The van der Waals surface area contributed by atoms with Gasteiger partial charge < -0.3 is 10.1 Å². The number of aryl methyl sites for hydroxylation is 1. The Labute approximate surface area is 144 Å². The SMILES string of the molecule is COc1ccc2cc(C)c3nn(CC(=O)NCC4CC4)c(=O)n3c2c1. The molecule has 1 amide bonds. The molecule has 0 atom stereocenters. The number of rotatable bonds is 5. The molecule has 4 rings (SSSR count). The molecule has 1 fully saturated rings. The van der Waals surface area contributed by atoms with Crippen LogP contribution in [0.15, 0.2) is 29.1 Å². The number of nitrogens with one attached hydrogen (secondary N) is 1. The lowest BCUT2D eigenvalue weighted by Gasteiger charge is -2.05. The summed E-state index contributed by atoms with van der Waals surface area (Å²) in [5.41, 5.74) is 1.83. The van der Waals surface area contributed by atoms with Crippen LogP contribution in [0.1, 0.15) is 18.4 Å². The summed E-state index contributed by atoms with van der Waals surface area (Å²) in [4.78, 5) is 24.9. The molecule has 0 unspecified atom stereocenters. The Morgan fingerprint density at radius 3 is 2.88 bits per heavy atom. The minimum absolute atomic E-state index is 0.0713. The molecule has 0 aliphatic heterocycles. The van der Waals surface area contributed by atoms with Gasteiger partial charge >= 0.3 is 5.69 Å². The van der Waals surface area contributed by atoms with Crippen LogP contribution in [0.3, 0.4) is 0 Å². The number of methoxy groups -OCH3 is 1. The average Bonchev–Trinajstić information content (AvgIpc) is 3.38. The second-order valence-corrected chi connectivity index (χ2v) is 6.60. The number of fused-ring (bicyclic) bond motifs is 3. The Bertz CT molecular complexity index is 1030. The smallest absolute Gasteiger partial charge is 0.351 e. The molecule has 25 heavy (non-hydrogen) atoms. The average molecular weight is 340 g/mol. The Balaban J connectivity index is 1.77. The quantitative estimate of drug-likeness (QED) is 0.763. The van der Waals surface area contributed by atoms with Gasteiger partial charge in [0.15, 0.2) is 5.65 Å². The van der Waals surface area contributed by atoms with Crippen molar-refractivity contribution in [2.45, 2.75) is 26.3 Å². The highest BCUT2D eigenvalue weighted by Gasteiger charge is 2.22. The van der Waals surface area contributed by atoms with Gasteiger partial charge in [-0.15, -0.1) is 5.10 Å². The summed E-state index contributed by atoms with van der Waals surface area (Å²) in [6.45, 7) is 2.52. The predicted octanol–water partition coefficient (Wildman–Crippen LogP) is 1.49. The second kappa shape index (κ2) is 5.91. The van der Waals surface area contributed by atoms with Crippen molar-refractivity contribution in [1.29, 1.82) is 0 Å². The zero-order chi connectivity index (χ0) is 17.6. The van der Waals surface area contributed by atoms with Crippen molar-refractivity contribution in [3.63, 3.8) is 0 Å². The van der Waals surface area contributed by atoms with Crippen molar-refractivity contribution in [2.75, 3.05) is 13.7 Å². The summed E-state index contributed by atoms with van der Waals surface area (Å²) in [7, 11) is 1.59. The number of aromatic nitrogens is 3. The number of hydrogen-bond acceptors (Lipinski definition) is 4. The topological polar surface area (TPSA) is 77.6 Å². The number of amides is 1. The highest BCUT2D eigenvalue weighted by molar-refractivity contribution is 5.84.